The van der Waals surface area contributed by atoms with Crippen molar-refractivity contribution in [3.63, 3.8) is 0 Å². The largest absolute Gasteiger partial charge is 0.396 e. The van der Waals surface area contributed by atoms with Crippen LogP contribution in [-0.2, 0) is 0 Å². The molecule has 1 aliphatic rings. The molecule has 2 heteroatoms. The second-order valence-corrected chi connectivity index (χ2v) is 5.36. The van der Waals surface area contributed by atoms with Crippen LogP contribution in [0, 0.1) is 17.3 Å². The van der Waals surface area contributed by atoms with Crippen LogP contribution in [-0.4, -0.2) is 22.9 Å². The smallest absolute Gasteiger partial charge is 0.0590 e. The average Bonchev–Trinajstić information content (AvgIpc) is 2.18. The first-order chi connectivity index (χ1) is 6.51. The van der Waals surface area contributed by atoms with E-state index in [0.29, 0.717) is 11.3 Å². The molecular weight excluding hydrogens is 176 g/mol. The molecule has 2 nitrogen and oxygen atoms in total. The van der Waals surface area contributed by atoms with Crippen molar-refractivity contribution in [2.75, 3.05) is 6.61 Å². The molecule has 3 unspecified atom stereocenters. The summed E-state index contributed by atoms with van der Waals surface area (Å²) in [6, 6.07) is 0. The fraction of sp³-hybridized carbons (Fsp3) is 1.00. The van der Waals surface area contributed by atoms with Crippen molar-refractivity contribution < 1.29 is 10.2 Å². The fourth-order valence-corrected chi connectivity index (χ4v) is 2.44. The number of aliphatic hydroxyl groups is 2. The third-order valence-corrected chi connectivity index (χ3v) is 4.19. The highest BCUT2D eigenvalue weighted by Gasteiger charge is 2.36. The highest BCUT2D eigenvalue weighted by atomic mass is 16.3. The van der Waals surface area contributed by atoms with Gasteiger partial charge in [-0.2, -0.15) is 0 Å². The maximum Gasteiger partial charge on any atom is 0.0590 e. The molecule has 1 rings (SSSR count). The summed E-state index contributed by atoms with van der Waals surface area (Å²) in [4.78, 5) is 0. The van der Waals surface area contributed by atoms with Crippen molar-refractivity contribution in [1.29, 1.82) is 0 Å². The summed E-state index contributed by atoms with van der Waals surface area (Å²) in [6.45, 7) is 6.95. The third-order valence-electron chi connectivity index (χ3n) is 4.19. The lowest BCUT2D eigenvalue weighted by Crippen LogP contribution is -2.37. The SMILES string of the molecule is CCC(C)(C)C1CCC(O)C(CO)C1. The Hall–Kier alpha value is -0.0800. The Labute approximate surface area is 87.3 Å². The Bertz CT molecular complexity index is 177. The molecular formula is C12H24O2. The van der Waals surface area contributed by atoms with E-state index in [0.717, 1.165) is 19.3 Å². The normalized spacial score (nSPS) is 34.5. The molecule has 0 bridgehead atoms. The van der Waals surface area contributed by atoms with Gasteiger partial charge in [-0.05, 0) is 30.6 Å². The molecule has 1 saturated carbocycles. The lowest BCUT2D eigenvalue weighted by molar-refractivity contribution is -0.00982. The Morgan fingerprint density at radius 3 is 2.43 bits per heavy atom. The van der Waals surface area contributed by atoms with E-state index in [-0.39, 0.29) is 18.6 Å². The van der Waals surface area contributed by atoms with Crippen molar-refractivity contribution in [1.82, 2.24) is 0 Å². The van der Waals surface area contributed by atoms with E-state index in [1.54, 1.807) is 0 Å². The summed E-state index contributed by atoms with van der Waals surface area (Å²) >= 11 is 0. The first-order valence-corrected chi connectivity index (χ1v) is 5.80. The highest BCUT2D eigenvalue weighted by molar-refractivity contribution is 4.86. The van der Waals surface area contributed by atoms with Gasteiger partial charge in [-0.15, -0.1) is 0 Å². The van der Waals surface area contributed by atoms with Gasteiger partial charge in [0.15, 0.2) is 0 Å². The number of aliphatic hydroxyl groups excluding tert-OH is 2. The topological polar surface area (TPSA) is 40.5 Å². The maximum atomic E-state index is 9.67. The molecule has 0 aromatic rings. The highest BCUT2D eigenvalue weighted by Crippen LogP contribution is 2.42. The Balaban J connectivity index is 2.58. The fourth-order valence-electron chi connectivity index (χ4n) is 2.44. The zero-order chi connectivity index (χ0) is 10.8. The van der Waals surface area contributed by atoms with Gasteiger partial charge in [0.1, 0.15) is 0 Å². The van der Waals surface area contributed by atoms with Crippen molar-refractivity contribution in [3.8, 4) is 0 Å². The molecule has 2 N–H and O–H groups in total. The standard InChI is InChI=1S/C12H24O2/c1-4-12(2,3)10-5-6-11(14)9(7-10)8-13/h9-11,13-14H,4-8H2,1-3H3. The van der Waals surface area contributed by atoms with Crippen molar-refractivity contribution in [3.05, 3.63) is 0 Å². The first kappa shape index (κ1) is 12.0. The van der Waals surface area contributed by atoms with E-state index in [9.17, 15) is 5.11 Å². The molecule has 0 heterocycles. The van der Waals surface area contributed by atoms with Gasteiger partial charge in [0.05, 0.1) is 6.10 Å². The number of hydrogen-bond acceptors (Lipinski definition) is 2. The van der Waals surface area contributed by atoms with E-state index in [4.69, 9.17) is 5.11 Å². The summed E-state index contributed by atoms with van der Waals surface area (Å²) in [6.07, 6.45) is 3.85. The van der Waals surface area contributed by atoms with Gasteiger partial charge in [-0.3, -0.25) is 0 Å². The second-order valence-electron chi connectivity index (χ2n) is 5.36. The quantitative estimate of drug-likeness (QED) is 0.733. The van der Waals surface area contributed by atoms with Crippen LogP contribution in [0.3, 0.4) is 0 Å². The molecule has 14 heavy (non-hydrogen) atoms. The van der Waals surface area contributed by atoms with Gasteiger partial charge in [0, 0.05) is 12.5 Å². The Morgan fingerprint density at radius 2 is 1.93 bits per heavy atom. The van der Waals surface area contributed by atoms with E-state index in [2.05, 4.69) is 20.8 Å². The summed E-state index contributed by atoms with van der Waals surface area (Å²) in [5.74, 6) is 0.771. The van der Waals surface area contributed by atoms with Crippen LogP contribution in [0.25, 0.3) is 0 Å². The van der Waals surface area contributed by atoms with Gasteiger partial charge in [-0.25, -0.2) is 0 Å². The Kier molecular flexibility index (Phi) is 3.96. The molecule has 0 aromatic carbocycles. The number of rotatable bonds is 3. The van der Waals surface area contributed by atoms with Crippen LogP contribution >= 0.6 is 0 Å². The Morgan fingerprint density at radius 1 is 1.29 bits per heavy atom. The van der Waals surface area contributed by atoms with E-state index in [1.807, 2.05) is 0 Å². The van der Waals surface area contributed by atoms with Crippen LogP contribution in [0.2, 0.25) is 0 Å². The second kappa shape index (κ2) is 4.63. The van der Waals surface area contributed by atoms with Gasteiger partial charge < -0.3 is 10.2 Å². The van der Waals surface area contributed by atoms with Crippen LogP contribution in [0.5, 0.6) is 0 Å². The zero-order valence-corrected chi connectivity index (χ0v) is 9.66. The van der Waals surface area contributed by atoms with E-state index in [1.165, 1.54) is 6.42 Å². The van der Waals surface area contributed by atoms with E-state index >= 15 is 0 Å². The molecule has 3 atom stereocenters. The van der Waals surface area contributed by atoms with Crippen molar-refractivity contribution in [2.24, 2.45) is 17.3 Å². The van der Waals surface area contributed by atoms with Crippen LogP contribution < -0.4 is 0 Å². The summed E-state index contributed by atoms with van der Waals surface area (Å²) in [7, 11) is 0. The summed E-state index contributed by atoms with van der Waals surface area (Å²) in [5.41, 5.74) is 0.355. The molecule has 0 aromatic heterocycles. The summed E-state index contributed by atoms with van der Waals surface area (Å²) < 4.78 is 0. The van der Waals surface area contributed by atoms with Gasteiger partial charge in [0.25, 0.3) is 0 Å². The lowest BCUT2D eigenvalue weighted by Gasteiger charge is -2.41. The van der Waals surface area contributed by atoms with Crippen LogP contribution in [0.15, 0.2) is 0 Å². The minimum Gasteiger partial charge on any atom is -0.396 e. The molecule has 0 amide bonds. The van der Waals surface area contributed by atoms with Crippen LogP contribution in [0.4, 0.5) is 0 Å². The molecule has 0 saturated heterocycles. The van der Waals surface area contributed by atoms with Gasteiger partial charge in [-0.1, -0.05) is 27.2 Å². The van der Waals surface area contributed by atoms with Gasteiger partial charge in [0.2, 0.25) is 0 Å². The van der Waals surface area contributed by atoms with Gasteiger partial charge >= 0.3 is 0 Å². The minimum atomic E-state index is -0.274. The molecule has 0 aliphatic heterocycles. The molecule has 0 spiro atoms. The van der Waals surface area contributed by atoms with E-state index < -0.39 is 0 Å². The van der Waals surface area contributed by atoms with Crippen LogP contribution in [0.1, 0.15) is 46.5 Å². The third kappa shape index (κ3) is 2.48. The molecule has 84 valence electrons. The zero-order valence-electron chi connectivity index (χ0n) is 9.66. The van der Waals surface area contributed by atoms with Crippen molar-refractivity contribution in [2.45, 2.75) is 52.6 Å². The summed E-state index contributed by atoms with van der Waals surface area (Å²) in [5, 5.41) is 18.8. The maximum absolute atomic E-state index is 9.67. The monoisotopic (exact) mass is 200 g/mol. The molecule has 0 radical (unpaired) electrons. The lowest BCUT2D eigenvalue weighted by atomic mass is 9.66. The average molecular weight is 200 g/mol. The first-order valence-electron chi connectivity index (χ1n) is 5.80. The predicted octanol–water partition coefficient (Wildman–Crippen LogP) is 2.19. The van der Waals surface area contributed by atoms with Crippen molar-refractivity contribution >= 4 is 0 Å². The molecule has 1 aliphatic carbocycles. The molecule has 1 fully saturated rings. The predicted molar refractivity (Wildman–Crippen MR) is 58.0 cm³/mol. The minimum absolute atomic E-state index is 0.111. The number of hydrogen-bond donors (Lipinski definition) is 2.